The quantitative estimate of drug-likeness (QED) is 0.367. The molecule has 2 aromatic heterocycles. The Labute approximate surface area is 196 Å². The van der Waals surface area contributed by atoms with Crippen molar-refractivity contribution in [2.75, 3.05) is 5.32 Å². The summed E-state index contributed by atoms with van der Waals surface area (Å²) in [5, 5.41) is 5.47. The van der Waals surface area contributed by atoms with Crippen molar-refractivity contribution in [2.24, 2.45) is 0 Å². The summed E-state index contributed by atoms with van der Waals surface area (Å²) in [5.41, 5.74) is 3.42. The largest absolute Gasteiger partial charge is 0.462 e. The number of furan rings is 1. The van der Waals surface area contributed by atoms with Crippen LogP contribution in [-0.2, 0) is 22.6 Å². The van der Waals surface area contributed by atoms with Crippen LogP contribution in [0.5, 0.6) is 0 Å². The van der Waals surface area contributed by atoms with E-state index < -0.39 is 0 Å². The molecule has 0 bridgehead atoms. The Morgan fingerprint density at radius 1 is 1.09 bits per heavy atom. The first-order valence-electron chi connectivity index (χ1n) is 10.7. The highest BCUT2D eigenvalue weighted by molar-refractivity contribution is 7.13. The van der Waals surface area contributed by atoms with Gasteiger partial charge in [-0.2, -0.15) is 0 Å². The van der Waals surface area contributed by atoms with E-state index in [2.05, 4.69) is 10.3 Å². The van der Waals surface area contributed by atoms with Gasteiger partial charge in [-0.1, -0.05) is 42.5 Å². The number of hydrogen-bond donors (Lipinski definition) is 1. The van der Waals surface area contributed by atoms with Gasteiger partial charge in [0.15, 0.2) is 10.8 Å². The minimum absolute atomic E-state index is 0.0208. The summed E-state index contributed by atoms with van der Waals surface area (Å²) < 4.78 is 5.42. The van der Waals surface area contributed by atoms with E-state index in [0.717, 1.165) is 16.1 Å². The van der Waals surface area contributed by atoms with Crippen LogP contribution in [0, 0.1) is 0 Å². The van der Waals surface area contributed by atoms with E-state index in [1.54, 1.807) is 6.26 Å². The molecule has 1 unspecified atom stereocenters. The summed E-state index contributed by atoms with van der Waals surface area (Å²) in [5.74, 6) is 0.545. The third kappa shape index (κ3) is 5.75. The van der Waals surface area contributed by atoms with Gasteiger partial charge < -0.3 is 14.6 Å². The van der Waals surface area contributed by atoms with Crippen molar-refractivity contribution in [1.82, 2.24) is 9.88 Å². The number of nitrogens with one attached hydrogen (secondary N) is 1. The Kier molecular flexibility index (Phi) is 7.00. The zero-order valence-electron chi connectivity index (χ0n) is 18.5. The zero-order valence-corrected chi connectivity index (χ0v) is 19.3. The number of nitrogens with zero attached hydrogens (tertiary/aromatic N) is 2. The van der Waals surface area contributed by atoms with E-state index in [-0.39, 0.29) is 24.3 Å². The lowest BCUT2D eigenvalue weighted by Gasteiger charge is -2.30. The smallest absolute Gasteiger partial charge is 0.229 e. The molecule has 168 valence electrons. The van der Waals surface area contributed by atoms with Crippen molar-refractivity contribution < 1.29 is 14.0 Å². The molecule has 0 spiro atoms. The molecule has 2 aromatic carbocycles. The topological polar surface area (TPSA) is 75.4 Å². The van der Waals surface area contributed by atoms with Gasteiger partial charge in [-0.15, -0.1) is 11.3 Å². The third-order valence-electron chi connectivity index (χ3n) is 5.29. The number of benzene rings is 2. The first-order chi connectivity index (χ1) is 16.0. The minimum Gasteiger partial charge on any atom is -0.462 e. The van der Waals surface area contributed by atoms with Crippen molar-refractivity contribution in [3.63, 3.8) is 0 Å². The molecule has 0 aliphatic rings. The summed E-state index contributed by atoms with van der Waals surface area (Å²) in [6.07, 6.45) is 1.81. The van der Waals surface area contributed by atoms with Gasteiger partial charge in [0.25, 0.3) is 0 Å². The number of carbonyl (C=O) groups is 2. The number of hydrogen-bond acceptors (Lipinski definition) is 5. The fourth-order valence-electron chi connectivity index (χ4n) is 3.64. The Morgan fingerprint density at radius 3 is 2.64 bits per heavy atom. The maximum Gasteiger partial charge on any atom is 0.229 e. The van der Waals surface area contributed by atoms with Crippen LogP contribution in [0.1, 0.15) is 36.7 Å². The van der Waals surface area contributed by atoms with Gasteiger partial charge in [0.05, 0.1) is 24.4 Å². The zero-order chi connectivity index (χ0) is 23.2. The monoisotopic (exact) mass is 459 g/mol. The van der Waals surface area contributed by atoms with Gasteiger partial charge in [-0.3, -0.25) is 9.59 Å². The molecule has 0 saturated carbocycles. The molecule has 0 saturated heterocycles. The maximum absolute atomic E-state index is 13.5. The van der Waals surface area contributed by atoms with Gasteiger partial charge in [-0.05, 0) is 42.3 Å². The second kappa shape index (κ2) is 10.3. The Morgan fingerprint density at radius 2 is 1.91 bits per heavy atom. The number of anilines is 1. The molecule has 0 fully saturated rings. The highest BCUT2D eigenvalue weighted by atomic mass is 32.1. The second-order valence-corrected chi connectivity index (χ2v) is 8.65. The van der Waals surface area contributed by atoms with Crippen LogP contribution in [0.4, 0.5) is 5.69 Å². The van der Waals surface area contributed by atoms with E-state index in [0.29, 0.717) is 23.7 Å². The highest BCUT2D eigenvalue weighted by Gasteiger charge is 2.23. The van der Waals surface area contributed by atoms with E-state index in [1.165, 1.54) is 18.3 Å². The predicted molar refractivity (Wildman–Crippen MR) is 130 cm³/mol. The number of amides is 2. The number of aromatic nitrogens is 1. The van der Waals surface area contributed by atoms with Gasteiger partial charge >= 0.3 is 0 Å². The predicted octanol–water partition coefficient (Wildman–Crippen LogP) is 5.69. The molecular weight excluding hydrogens is 434 g/mol. The van der Waals surface area contributed by atoms with E-state index >= 15 is 0 Å². The standard InChI is InChI=1S/C26H25N3O3S/c1-18(21-10-6-11-22(14-21)27-19(2)30)29(16-20-8-4-3-5-9-20)25(31)15-23-17-33-26(28-23)24-12-7-13-32-24/h3-14,17-18H,15-16H2,1-2H3,(H,27,30). The number of carbonyl (C=O) groups excluding carboxylic acids is 2. The van der Waals surface area contributed by atoms with Crippen LogP contribution < -0.4 is 5.32 Å². The molecule has 0 aliphatic heterocycles. The van der Waals surface area contributed by atoms with E-state index in [1.807, 2.05) is 83.9 Å². The van der Waals surface area contributed by atoms with Crippen LogP contribution >= 0.6 is 11.3 Å². The first kappa shape index (κ1) is 22.5. The molecule has 1 atom stereocenters. The van der Waals surface area contributed by atoms with Crippen molar-refractivity contribution in [1.29, 1.82) is 0 Å². The Balaban J connectivity index is 1.58. The molecule has 4 aromatic rings. The Bertz CT molecular complexity index is 1220. The third-order valence-corrected chi connectivity index (χ3v) is 6.19. The second-order valence-electron chi connectivity index (χ2n) is 7.79. The summed E-state index contributed by atoms with van der Waals surface area (Å²) >= 11 is 1.46. The summed E-state index contributed by atoms with van der Waals surface area (Å²) in [4.78, 5) is 31.4. The Hall–Kier alpha value is -3.71. The van der Waals surface area contributed by atoms with Gasteiger partial charge in [-0.25, -0.2) is 4.98 Å². The lowest BCUT2D eigenvalue weighted by atomic mass is 10.0. The lowest BCUT2D eigenvalue weighted by Crippen LogP contribution is -2.34. The SMILES string of the molecule is CC(=O)Nc1cccc(C(C)N(Cc2ccccc2)C(=O)Cc2csc(-c3ccco3)n2)c1. The summed E-state index contributed by atoms with van der Waals surface area (Å²) in [6, 6.07) is 21.0. The summed E-state index contributed by atoms with van der Waals surface area (Å²) in [6.45, 7) is 3.95. The van der Waals surface area contributed by atoms with Gasteiger partial charge in [0.1, 0.15) is 0 Å². The highest BCUT2D eigenvalue weighted by Crippen LogP contribution is 2.28. The van der Waals surface area contributed by atoms with Crippen LogP contribution in [0.25, 0.3) is 10.8 Å². The van der Waals surface area contributed by atoms with E-state index in [4.69, 9.17) is 4.42 Å². The molecular formula is C26H25N3O3S. The molecule has 4 rings (SSSR count). The van der Waals surface area contributed by atoms with Crippen molar-refractivity contribution in [2.45, 2.75) is 32.9 Å². The molecule has 0 radical (unpaired) electrons. The lowest BCUT2D eigenvalue weighted by molar-refractivity contribution is -0.133. The average molecular weight is 460 g/mol. The van der Waals surface area contributed by atoms with Crippen molar-refractivity contribution in [3.8, 4) is 10.8 Å². The molecule has 33 heavy (non-hydrogen) atoms. The normalized spacial score (nSPS) is 11.7. The van der Waals surface area contributed by atoms with Gasteiger partial charge in [0.2, 0.25) is 11.8 Å². The van der Waals surface area contributed by atoms with Crippen LogP contribution in [0.3, 0.4) is 0 Å². The average Bonchev–Trinajstić information content (AvgIpc) is 3.49. The maximum atomic E-state index is 13.5. The van der Waals surface area contributed by atoms with E-state index in [9.17, 15) is 9.59 Å². The van der Waals surface area contributed by atoms with Crippen molar-refractivity contribution >= 4 is 28.8 Å². The fraction of sp³-hybridized carbons (Fsp3) is 0.192. The molecule has 2 heterocycles. The van der Waals surface area contributed by atoms with Crippen molar-refractivity contribution in [3.05, 3.63) is 95.2 Å². The van der Waals surface area contributed by atoms with Crippen LogP contribution in [0.2, 0.25) is 0 Å². The molecule has 2 amide bonds. The first-order valence-corrected chi connectivity index (χ1v) is 11.6. The van der Waals surface area contributed by atoms with Gasteiger partial charge in [0, 0.05) is 24.5 Å². The minimum atomic E-state index is -0.199. The molecule has 6 nitrogen and oxygen atoms in total. The fourth-order valence-corrected chi connectivity index (χ4v) is 4.42. The number of rotatable bonds is 8. The van der Waals surface area contributed by atoms with Crippen LogP contribution in [0.15, 0.2) is 82.8 Å². The molecule has 1 N–H and O–H groups in total. The summed E-state index contributed by atoms with van der Waals surface area (Å²) in [7, 11) is 0. The molecule has 7 heteroatoms. The number of thiazole rings is 1. The van der Waals surface area contributed by atoms with Crippen LogP contribution in [-0.4, -0.2) is 21.7 Å². The molecule has 0 aliphatic carbocycles.